The summed E-state index contributed by atoms with van der Waals surface area (Å²) < 4.78 is 36.9. The largest absolute Gasteiger partial charge is 0.493 e. The summed E-state index contributed by atoms with van der Waals surface area (Å²) in [4.78, 5) is 13.2. The maximum atomic E-state index is 12.5. The van der Waals surface area contributed by atoms with Crippen molar-refractivity contribution in [2.75, 3.05) is 12.4 Å². The number of methoxy groups -OCH3 is 1. The van der Waals surface area contributed by atoms with Crippen molar-refractivity contribution < 1.29 is 22.7 Å². The monoisotopic (exact) mass is 599 g/mol. The minimum Gasteiger partial charge on any atom is -0.493 e. The van der Waals surface area contributed by atoms with Crippen LogP contribution in [-0.2, 0) is 21.4 Å². The molecule has 12 heteroatoms. The maximum absolute atomic E-state index is 12.5. The van der Waals surface area contributed by atoms with Crippen molar-refractivity contribution in [3.8, 4) is 11.5 Å². The fraction of sp³-hybridized carbons (Fsp3) is 0.130. The zero-order valence-corrected chi connectivity index (χ0v) is 22.4. The fourth-order valence-electron chi connectivity index (χ4n) is 2.88. The molecule has 3 rings (SSSR count). The van der Waals surface area contributed by atoms with Gasteiger partial charge in [0.2, 0.25) is 5.91 Å². The molecule has 0 saturated heterocycles. The molecule has 0 aliphatic rings. The predicted molar refractivity (Wildman–Crippen MR) is 140 cm³/mol. The van der Waals surface area contributed by atoms with Gasteiger partial charge in [0, 0.05) is 12.6 Å². The third kappa shape index (κ3) is 7.35. The highest BCUT2D eigenvalue weighted by atomic mass is 79.9. The van der Waals surface area contributed by atoms with E-state index >= 15 is 0 Å². The zero-order chi connectivity index (χ0) is 25.6. The quantitative estimate of drug-likeness (QED) is 0.245. The number of ether oxygens (including phenoxy) is 2. The van der Waals surface area contributed by atoms with Gasteiger partial charge >= 0.3 is 0 Å². The van der Waals surface area contributed by atoms with Crippen LogP contribution in [0.2, 0.25) is 10.0 Å². The Morgan fingerprint density at radius 3 is 2.43 bits per heavy atom. The molecule has 0 aromatic heterocycles. The molecule has 8 nitrogen and oxygen atoms in total. The minimum absolute atomic E-state index is 0.00596. The SMILES string of the molecule is COc1cc(/C=N\NS(=O)(=O)c2ccc(NC(C)=O)cc2)cc(Br)c1OCc1ccc(Cl)c(Cl)c1. The third-order valence-electron chi connectivity index (χ3n) is 4.49. The second-order valence-corrected chi connectivity index (χ2v) is 10.5. The van der Waals surface area contributed by atoms with Crippen LogP contribution in [0.3, 0.4) is 0 Å². The summed E-state index contributed by atoms with van der Waals surface area (Å²) in [6.07, 6.45) is 1.33. The van der Waals surface area contributed by atoms with Gasteiger partial charge in [-0.25, -0.2) is 4.83 Å². The van der Waals surface area contributed by atoms with Crippen molar-refractivity contribution in [2.45, 2.75) is 18.4 Å². The summed E-state index contributed by atoms with van der Waals surface area (Å²) in [5, 5.41) is 7.29. The van der Waals surface area contributed by atoms with E-state index in [0.717, 1.165) is 5.56 Å². The molecule has 0 saturated carbocycles. The van der Waals surface area contributed by atoms with E-state index in [9.17, 15) is 13.2 Å². The van der Waals surface area contributed by atoms with E-state index in [4.69, 9.17) is 32.7 Å². The average molecular weight is 601 g/mol. The Morgan fingerprint density at radius 2 is 1.80 bits per heavy atom. The Kier molecular flexibility index (Phi) is 9.01. The van der Waals surface area contributed by atoms with Crippen molar-refractivity contribution in [3.63, 3.8) is 0 Å². The fourth-order valence-corrected chi connectivity index (χ4v) is 4.57. The van der Waals surface area contributed by atoms with Crippen LogP contribution in [0.1, 0.15) is 18.1 Å². The van der Waals surface area contributed by atoms with E-state index in [1.807, 2.05) is 0 Å². The predicted octanol–water partition coefficient (Wildman–Crippen LogP) is 5.61. The Labute approximate surface area is 221 Å². The van der Waals surface area contributed by atoms with E-state index < -0.39 is 10.0 Å². The topological polar surface area (TPSA) is 106 Å². The number of hydrogen-bond acceptors (Lipinski definition) is 6. The van der Waals surface area contributed by atoms with Gasteiger partial charge in [0.05, 0.1) is 32.7 Å². The van der Waals surface area contributed by atoms with Crippen LogP contribution in [0.25, 0.3) is 0 Å². The van der Waals surface area contributed by atoms with Crippen molar-refractivity contribution in [1.82, 2.24) is 4.83 Å². The molecule has 0 fully saturated rings. The van der Waals surface area contributed by atoms with Gasteiger partial charge in [-0.1, -0.05) is 29.3 Å². The molecule has 0 atom stereocenters. The molecule has 0 spiro atoms. The molecular formula is C23H20BrCl2N3O5S. The summed E-state index contributed by atoms with van der Waals surface area (Å²) in [6.45, 7) is 1.59. The molecule has 0 aliphatic heterocycles. The molecule has 0 radical (unpaired) electrons. The number of hydrogen-bond donors (Lipinski definition) is 2. The molecule has 3 aromatic rings. The van der Waals surface area contributed by atoms with E-state index in [2.05, 4.69) is 31.2 Å². The standard InChI is InChI=1S/C23H20BrCl2N3O5S/c1-14(30)28-17-4-6-18(7-5-17)35(31,32)29-27-12-16-9-19(24)23(22(11-16)33-2)34-13-15-3-8-20(25)21(26)10-15/h3-12,29H,13H2,1-2H3,(H,28,30)/b27-12-. The Hall–Kier alpha value is -2.79. The first-order valence-electron chi connectivity index (χ1n) is 9.96. The van der Waals surface area contributed by atoms with Gasteiger partial charge in [-0.15, -0.1) is 0 Å². The molecule has 2 N–H and O–H groups in total. The van der Waals surface area contributed by atoms with Crippen molar-refractivity contribution in [2.24, 2.45) is 5.10 Å². The number of halogens is 3. The number of nitrogens with one attached hydrogen (secondary N) is 2. The number of carbonyl (C=O) groups is 1. The van der Waals surface area contributed by atoms with Crippen LogP contribution >= 0.6 is 39.1 Å². The number of hydrazone groups is 1. The van der Waals surface area contributed by atoms with E-state index in [1.54, 1.807) is 30.3 Å². The highest BCUT2D eigenvalue weighted by molar-refractivity contribution is 9.10. The zero-order valence-electron chi connectivity index (χ0n) is 18.5. The lowest BCUT2D eigenvalue weighted by Crippen LogP contribution is -2.18. The molecule has 0 heterocycles. The van der Waals surface area contributed by atoms with E-state index in [-0.39, 0.29) is 17.4 Å². The van der Waals surface area contributed by atoms with Crippen LogP contribution in [0.4, 0.5) is 5.69 Å². The lowest BCUT2D eigenvalue weighted by atomic mass is 10.2. The highest BCUT2D eigenvalue weighted by Crippen LogP contribution is 2.37. The van der Waals surface area contributed by atoms with Gasteiger partial charge in [-0.05, 0) is 75.6 Å². The lowest BCUT2D eigenvalue weighted by Gasteiger charge is -2.14. The third-order valence-corrected chi connectivity index (χ3v) is 7.06. The maximum Gasteiger partial charge on any atom is 0.276 e. The van der Waals surface area contributed by atoms with Gasteiger partial charge in [0.25, 0.3) is 10.0 Å². The van der Waals surface area contributed by atoms with E-state index in [1.165, 1.54) is 44.5 Å². The first-order chi connectivity index (χ1) is 16.6. The normalized spacial score (nSPS) is 11.3. The average Bonchev–Trinajstić information content (AvgIpc) is 2.80. The lowest BCUT2D eigenvalue weighted by molar-refractivity contribution is -0.114. The van der Waals surface area contributed by atoms with Crippen LogP contribution < -0.4 is 19.6 Å². The van der Waals surface area contributed by atoms with Crippen molar-refractivity contribution >= 4 is 67.0 Å². The first-order valence-corrected chi connectivity index (χ1v) is 13.0. The Balaban J connectivity index is 1.70. The molecule has 0 unspecified atom stereocenters. The van der Waals surface area contributed by atoms with Gasteiger partial charge in [-0.3, -0.25) is 4.79 Å². The number of carbonyl (C=O) groups excluding carboxylic acids is 1. The Bertz CT molecular complexity index is 1370. The number of amides is 1. The van der Waals surface area contributed by atoms with E-state index in [0.29, 0.717) is 37.3 Å². The number of sulfonamides is 1. The van der Waals surface area contributed by atoms with Crippen LogP contribution in [0.15, 0.2) is 69.1 Å². The summed E-state index contributed by atoms with van der Waals surface area (Å²) in [6, 6.07) is 14.2. The van der Waals surface area contributed by atoms with Crippen molar-refractivity contribution in [3.05, 3.63) is 80.2 Å². The first kappa shape index (κ1) is 26.8. The summed E-state index contributed by atoms with van der Waals surface area (Å²) >= 11 is 15.4. The van der Waals surface area contributed by atoms with Crippen LogP contribution in [0.5, 0.6) is 11.5 Å². The second-order valence-electron chi connectivity index (χ2n) is 7.13. The number of anilines is 1. The van der Waals surface area contributed by atoms with Crippen molar-refractivity contribution in [1.29, 1.82) is 0 Å². The molecule has 35 heavy (non-hydrogen) atoms. The van der Waals surface area contributed by atoms with Gasteiger partial charge in [0.1, 0.15) is 6.61 Å². The number of nitrogens with zero attached hydrogens (tertiary/aromatic N) is 1. The molecule has 0 bridgehead atoms. The molecular weight excluding hydrogens is 581 g/mol. The van der Waals surface area contributed by atoms with Gasteiger partial charge in [-0.2, -0.15) is 13.5 Å². The molecule has 3 aromatic carbocycles. The van der Waals surface area contributed by atoms with Gasteiger partial charge < -0.3 is 14.8 Å². The second kappa shape index (κ2) is 11.8. The van der Waals surface area contributed by atoms with Gasteiger partial charge in [0.15, 0.2) is 11.5 Å². The smallest absolute Gasteiger partial charge is 0.276 e. The highest BCUT2D eigenvalue weighted by Gasteiger charge is 2.14. The van der Waals surface area contributed by atoms with Crippen LogP contribution in [-0.4, -0.2) is 27.6 Å². The molecule has 0 aliphatic carbocycles. The minimum atomic E-state index is -3.90. The number of rotatable bonds is 9. The molecule has 1 amide bonds. The summed E-state index contributed by atoms with van der Waals surface area (Å²) in [7, 11) is -2.42. The Morgan fingerprint density at radius 1 is 1.09 bits per heavy atom. The van der Waals surface area contributed by atoms with Crippen LogP contribution in [0, 0.1) is 0 Å². The number of benzene rings is 3. The summed E-state index contributed by atoms with van der Waals surface area (Å²) in [5.74, 6) is 0.614. The molecule has 184 valence electrons. The summed E-state index contributed by atoms with van der Waals surface area (Å²) in [5.41, 5.74) is 1.86.